The Labute approximate surface area is 113 Å². The van der Waals surface area contributed by atoms with Gasteiger partial charge in [0.25, 0.3) is 0 Å². The molecule has 0 bridgehead atoms. The quantitative estimate of drug-likeness (QED) is 0.557. The summed E-state index contributed by atoms with van der Waals surface area (Å²) in [6.07, 6.45) is 1.74. The van der Waals surface area contributed by atoms with Crippen molar-refractivity contribution in [2.75, 3.05) is 19.7 Å². The van der Waals surface area contributed by atoms with Gasteiger partial charge in [0, 0.05) is 0 Å². The van der Waals surface area contributed by atoms with Crippen molar-refractivity contribution in [3.63, 3.8) is 0 Å². The lowest BCUT2D eigenvalue weighted by atomic mass is 9.99. The lowest BCUT2D eigenvalue weighted by Gasteiger charge is -2.36. The van der Waals surface area contributed by atoms with Crippen LogP contribution in [0.2, 0.25) is 0 Å². The van der Waals surface area contributed by atoms with Crippen molar-refractivity contribution in [1.29, 1.82) is 0 Å². The lowest BCUT2D eigenvalue weighted by molar-refractivity contribution is -0.156. The molecule has 1 heterocycles. The maximum Gasteiger partial charge on any atom is 0.325 e. The molecule has 2 amide bonds. The van der Waals surface area contributed by atoms with Crippen LogP contribution in [0.3, 0.4) is 0 Å². The molecule has 0 saturated carbocycles. The third kappa shape index (κ3) is 4.22. The van der Waals surface area contributed by atoms with Gasteiger partial charge in [0.05, 0.1) is 13.2 Å². The van der Waals surface area contributed by atoms with Crippen LogP contribution < -0.4 is 5.32 Å². The fourth-order valence-corrected chi connectivity index (χ4v) is 2.03. The van der Waals surface area contributed by atoms with E-state index in [4.69, 9.17) is 4.74 Å². The van der Waals surface area contributed by atoms with E-state index in [1.807, 2.05) is 20.8 Å². The summed E-state index contributed by atoms with van der Waals surface area (Å²) < 4.78 is 5.03. The minimum Gasteiger partial charge on any atom is -0.464 e. The van der Waals surface area contributed by atoms with Crippen molar-refractivity contribution in [2.45, 2.75) is 39.7 Å². The van der Waals surface area contributed by atoms with Crippen LogP contribution in [-0.2, 0) is 19.1 Å². The Balaban J connectivity index is 2.63. The number of hydrogen-bond donors (Lipinski definition) is 1. The normalized spacial score (nSPS) is 19.6. The van der Waals surface area contributed by atoms with E-state index in [1.54, 1.807) is 0 Å². The Morgan fingerprint density at radius 1 is 1.47 bits per heavy atom. The smallest absolute Gasteiger partial charge is 0.325 e. The van der Waals surface area contributed by atoms with Crippen molar-refractivity contribution in [1.82, 2.24) is 10.2 Å². The first-order valence-corrected chi connectivity index (χ1v) is 6.70. The molecule has 1 N–H and O–H groups in total. The van der Waals surface area contributed by atoms with Crippen LogP contribution >= 0.6 is 0 Å². The van der Waals surface area contributed by atoms with Crippen LogP contribution in [0, 0.1) is 5.92 Å². The molecule has 1 aliphatic rings. The number of nitrogens with one attached hydrogen (secondary N) is 1. The predicted molar refractivity (Wildman–Crippen MR) is 69.2 cm³/mol. The van der Waals surface area contributed by atoms with Gasteiger partial charge < -0.3 is 15.0 Å². The lowest BCUT2D eigenvalue weighted by Crippen LogP contribution is -2.61. The van der Waals surface area contributed by atoms with Crippen LogP contribution in [-0.4, -0.2) is 48.4 Å². The summed E-state index contributed by atoms with van der Waals surface area (Å²) in [6.45, 7) is 5.84. The van der Waals surface area contributed by atoms with Crippen molar-refractivity contribution in [2.24, 2.45) is 5.92 Å². The number of hydrogen-bond acceptors (Lipinski definition) is 4. The van der Waals surface area contributed by atoms with Gasteiger partial charge in [-0.05, 0) is 12.3 Å². The number of nitrogens with zero attached hydrogens (tertiary/aromatic N) is 1. The number of ether oxygens (including phenoxy) is 1. The molecule has 0 radical (unpaired) electrons. The maximum absolute atomic E-state index is 11.8. The van der Waals surface area contributed by atoms with Crippen LogP contribution in [0.4, 0.5) is 0 Å². The minimum absolute atomic E-state index is 0.0484. The molecule has 6 nitrogen and oxygen atoms in total. The molecule has 0 aromatic rings. The highest BCUT2D eigenvalue weighted by atomic mass is 16.5. The Bertz CT molecular complexity index is 355. The number of esters is 1. The monoisotopic (exact) mass is 270 g/mol. The van der Waals surface area contributed by atoms with E-state index in [0.717, 1.165) is 12.8 Å². The average molecular weight is 270 g/mol. The molecule has 0 aromatic carbocycles. The Morgan fingerprint density at radius 3 is 2.74 bits per heavy atom. The largest absolute Gasteiger partial charge is 0.464 e. The summed E-state index contributed by atoms with van der Waals surface area (Å²) in [7, 11) is 0. The first kappa shape index (κ1) is 15.5. The van der Waals surface area contributed by atoms with Gasteiger partial charge in [-0.1, -0.05) is 27.2 Å². The van der Waals surface area contributed by atoms with Gasteiger partial charge in [0.1, 0.15) is 12.6 Å². The fourth-order valence-electron chi connectivity index (χ4n) is 2.03. The highest BCUT2D eigenvalue weighted by molar-refractivity contribution is 5.96. The number of rotatable bonds is 6. The van der Waals surface area contributed by atoms with E-state index in [2.05, 4.69) is 5.32 Å². The van der Waals surface area contributed by atoms with Gasteiger partial charge in [-0.3, -0.25) is 14.4 Å². The molecule has 6 heteroatoms. The summed E-state index contributed by atoms with van der Waals surface area (Å²) in [6, 6.07) is -0.597. The zero-order valence-corrected chi connectivity index (χ0v) is 11.8. The third-order valence-electron chi connectivity index (χ3n) is 3.03. The van der Waals surface area contributed by atoms with E-state index in [-0.39, 0.29) is 30.8 Å². The van der Waals surface area contributed by atoms with Gasteiger partial charge in [-0.25, -0.2) is 0 Å². The molecule has 1 rings (SSSR count). The number of piperazine rings is 1. The highest BCUT2D eigenvalue weighted by Crippen LogP contribution is 2.14. The molecule has 0 spiro atoms. The molecule has 1 atom stereocenters. The molecule has 0 aromatic heterocycles. The topological polar surface area (TPSA) is 75.7 Å². The fraction of sp³-hybridized carbons (Fsp3) is 0.769. The molecule has 0 aliphatic carbocycles. The molecule has 1 aliphatic heterocycles. The van der Waals surface area contributed by atoms with E-state index in [0.29, 0.717) is 6.61 Å². The highest BCUT2D eigenvalue weighted by Gasteiger charge is 2.37. The molecule has 1 saturated heterocycles. The summed E-state index contributed by atoms with van der Waals surface area (Å²) >= 11 is 0. The molecular weight excluding hydrogens is 248 g/mol. The zero-order valence-electron chi connectivity index (χ0n) is 11.8. The average Bonchev–Trinajstić information content (AvgIpc) is 2.34. The third-order valence-corrected chi connectivity index (χ3v) is 3.03. The number of carbonyl (C=O) groups is 3. The zero-order chi connectivity index (χ0) is 14.4. The van der Waals surface area contributed by atoms with E-state index < -0.39 is 12.0 Å². The van der Waals surface area contributed by atoms with Crippen molar-refractivity contribution < 1.29 is 19.1 Å². The molecular formula is C13H22N2O4. The summed E-state index contributed by atoms with van der Waals surface area (Å²) in [5.41, 5.74) is 0. The second-order valence-corrected chi connectivity index (χ2v) is 5.00. The number of unbranched alkanes of at least 4 members (excludes halogenated alkanes) is 1. The first-order chi connectivity index (χ1) is 8.97. The molecule has 108 valence electrons. The minimum atomic E-state index is -0.597. The van der Waals surface area contributed by atoms with Crippen LogP contribution in [0.15, 0.2) is 0 Å². The first-order valence-electron chi connectivity index (χ1n) is 6.70. The molecule has 1 unspecified atom stereocenters. The summed E-state index contributed by atoms with van der Waals surface area (Å²) in [5, 5.41) is 2.54. The van der Waals surface area contributed by atoms with Gasteiger partial charge in [0.2, 0.25) is 11.8 Å². The van der Waals surface area contributed by atoms with Crippen molar-refractivity contribution >= 4 is 17.8 Å². The summed E-state index contributed by atoms with van der Waals surface area (Å²) in [4.78, 5) is 36.6. The van der Waals surface area contributed by atoms with E-state index in [9.17, 15) is 14.4 Å². The molecule has 19 heavy (non-hydrogen) atoms. The standard InChI is InChI=1S/C13H22N2O4/c1-4-5-6-19-11(17)8-15-10(16)7-14-13(18)12(15)9(2)3/h9,12H,4-8H2,1-3H3,(H,14,18). The van der Waals surface area contributed by atoms with Gasteiger partial charge in [0.15, 0.2) is 0 Å². The SMILES string of the molecule is CCCCOC(=O)CN1C(=O)CNC(=O)C1C(C)C. The Hall–Kier alpha value is -1.59. The van der Waals surface area contributed by atoms with Gasteiger partial charge in [-0.15, -0.1) is 0 Å². The molecule has 1 fully saturated rings. The van der Waals surface area contributed by atoms with E-state index >= 15 is 0 Å². The Kier molecular flexibility index (Phi) is 5.79. The van der Waals surface area contributed by atoms with Gasteiger partial charge >= 0.3 is 5.97 Å². The van der Waals surface area contributed by atoms with Gasteiger partial charge in [-0.2, -0.15) is 0 Å². The predicted octanol–water partition coefficient (Wildman–Crippen LogP) is 0.313. The summed E-state index contributed by atoms with van der Waals surface area (Å²) in [5.74, 6) is -0.962. The van der Waals surface area contributed by atoms with Crippen LogP contribution in [0.1, 0.15) is 33.6 Å². The Morgan fingerprint density at radius 2 is 2.16 bits per heavy atom. The van der Waals surface area contributed by atoms with Crippen LogP contribution in [0.25, 0.3) is 0 Å². The second-order valence-electron chi connectivity index (χ2n) is 5.00. The number of carbonyl (C=O) groups excluding carboxylic acids is 3. The van der Waals surface area contributed by atoms with E-state index in [1.165, 1.54) is 4.90 Å². The van der Waals surface area contributed by atoms with Crippen molar-refractivity contribution in [3.8, 4) is 0 Å². The maximum atomic E-state index is 11.8. The number of amides is 2. The van der Waals surface area contributed by atoms with Crippen LogP contribution in [0.5, 0.6) is 0 Å². The second kappa shape index (κ2) is 7.11. The van der Waals surface area contributed by atoms with Crippen molar-refractivity contribution in [3.05, 3.63) is 0 Å².